The highest BCUT2D eigenvalue weighted by Crippen LogP contribution is 2.48. The zero-order valence-electron chi connectivity index (χ0n) is 12.8. The summed E-state index contributed by atoms with van der Waals surface area (Å²) >= 11 is 3.65. The molecule has 3 heteroatoms. The van der Waals surface area contributed by atoms with Gasteiger partial charge in [-0.1, -0.05) is 66.0 Å². The van der Waals surface area contributed by atoms with E-state index in [9.17, 15) is 0 Å². The Balaban J connectivity index is 1.64. The van der Waals surface area contributed by atoms with Gasteiger partial charge in [0.15, 0.2) is 0 Å². The second kappa shape index (κ2) is 6.26. The minimum atomic E-state index is 1.22. The first-order valence-electron chi connectivity index (χ1n) is 7.51. The van der Waals surface area contributed by atoms with E-state index in [-0.39, 0.29) is 0 Å². The zero-order chi connectivity index (χ0) is 15.6. The van der Waals surface area contributed by atoms with Crippen molar-refractivity contribution in [3.8, 4) is 0 Å². The van der Waals surface area contributed by atoms with Crippen LogP contribution in [0.5, 0.6) is 0 Å². The van der Waals surface area contributed by atoms with Gasteiger partial charge in [-0.2, -0.15) is 4.57 Å². The molecule has 1 aliphatic heterocycles. The molecule has 4 rings (SSSR count). The van der Waals surface area contributed by atoms with Gasteiger partial charge in [0.05, 0.1) is 4.24 Å². The highest BCUT2D eigenvalue weighted by atomic mass is 32.2. The number of nitrogens with zero attached hydrogens (tertiary/aromatic N) is 1. The normalized spacial score (nSPS) is 16.0. The summed E-state index contributed by atoms with van der Waals surface area (Å²) in [5.41, 5.74) is 3.77. The number of benzene rings is 2. The zero-order valence-corrected chi connectivity index (χ0v) is 14.4. The van der Waals surface area contributed by atoms with E-state index in [0.29, 0.717) is 0 Å². The van der Waals surface area contributed by atoms with Crippen LogP contribution in [0.3, 0.4) is 0 Å². The molecule has 0 unspecified atom stereocenters. The molecule has 3 aromatic rings. The van der Waals surface area contributed by atoms with Crippen LogP contribution in [0.2, 0.25) is 0 Å². The molecule has 1 nitrogen and oxygen atoms in total. The quantitative estimate of drug-likeness (QED) is 0.574. The van der Waals surface area contributed by atoms with Crippen molar-refractivity contribution in [2.75, 3.05) is 0 Å². The molecule has 2 aromatic carbocycles. The maximum atomic E-state index is 2.27. The summed E-state index contributed by atoms with van der Waals surface area (Å²) < 4.78 is 3.57. The Morgan fingerprint density at radius 2 is 1.65 bits per heavy atom. The van der Waals surface area contributed by atoms with Crippen LogP contribution in [0, 0.1) is 0 Å². The standard InChI is InChI=1S/C20H16NS2/c1-21-17(12-11-15-7-5-6-10-18(15)21)13-20-22-14-19(23-20)16-8-3-2-4-9-16/h2-14H,1H3/q+1. The maximum absolute atomic E-state index is 2.27. The van der Waals surface area contributed by atoms with E-state index in [4.69, 9.17) is 0 Å². The van der Waals surface area contributed by atoms with Crippen LogP contribution in [0.4, 0.5) is 0 Å². The van der Waals surface area contributed by atoms with Crippen molar-refractivity contribution >= 4 is 45.4 Å². The molecular formula is C20H16NS2+. The number of aromatic nitrogens is 1. The average molecular weight is 334 g/mol. The topological polar surface area (TPSA) is 3.88 Å². The number of pyridine rings is 1. The van der Waals surface area contributed by atoms with Gasteiger partial charge in [0, 0.05) is 28.5 Å². The monoisotopic (exact) mass is 334 g/mol. The first-order valence-corrected chi connectivity index (χ1v) is 9.20. The molecule has 0 saturated carbocycles. The first-order chi connectivity index (χ1) is 11.3. The lowest BCUT2D eigenvalue weighted by Crippen LogP contribution is -2.32. The van der Waals surface area contributed by atoms with Crippen molar-refractivity contribution < 1.29 is 4.57 Å². The Morgan fingerprint density at radius 1 is 0.870 bits per heavy atom. The fourth-order valence-corrected chi connectivity index (χ4v) is 4.83. The van der Waals surface area contributed by atoms with Crippen molar-refractivity contribution in [2.24, 2.45) is 7.05 Å². The molecule has 0 atom stereocenters. The molecular weight excluding hydrogens is 318 g/mol. The minimum Gasteiger partial charge on any atom is -0.195 e. The smallest absolute Gasteiger partial charge is 0.195 e. The Labute approximate surface area is 144 Å². The Hall–Kier alpha value is -1.97. The molecule has 23 heavy (non-hydrogen) atoms. The number of hydrogen-bond acceptors (Lipinski definition) is 2. The molecule has 2 heterocycles. The summed E-state index contributed by atoms with van der Waals surface area (Å²) in [7, 11) is 2.13. The lowest BCUT2D eigenvalue weighted by atomic mass is 10.2. The average Bonchev–Trinajstić information content (AvgIpc) is 3.07. The van der Waals surface area contributed by atoms with Crippen LogP contribution in [0.25, 0.3) is 21.9 Å². The molecule has 0 amide bonds. The van der Waals surface area contributed by atoms with Crippen LogP contribution in [-0.4, -0.2) is 0 Å². The molecule has 0 N–H and O–H groups in total. The van der Waals surface area contributed by atoms with Crippen LogP contribution < -0.4 is 4.57 Å². The summed E-state index contributed by atoms with van der Waals surface area (Å²) in [6.45, 7) is 0. The summed E-state index contributed by atoms with van der Waals surface area (Å²) in [6.07, 6.45) is 2.27. The van der Waals surface area contributed by atoms with Gasteiger partial charge >= 0.3 is 0 Å². The SMILES string of the molecule is C[n+]1c(C=C2SC=C(c3ccccc3)S2)ccc2ccccc21. The molecule has 0 fully saturated rings. The largest absolute Gasteiger partial charge is 0.212 e. The number of aryl methyl sites for hydroxylation is 1. The predicted molar refractivity (Wildman–Crippen MR) is 103 cm³/mol. The number of hydrogen-bond donors (Lipinski definition) is 0. The van der Waals surface area contributed by atoms with E-state index >= 15 is 0 Å². The Kier molecular flexibility index (Phi) is 3.98. The van der Waals surface area contributed by atoms with Crippen LogP contribution in [0.1, 0.15) is 11.3 Å². The van der Waals surface area contributed by atoms with Crippen LogP contribution in [0.15, 0.2) is 76.4 Å². The molecule has 1 aromatic heterocycles. The van der Waals surface area contributed by atoms with Gasteiger partial charge in [0.2, 0.25) is 11.2 Å². The summed E-state index contributed by atoms with van der Waals surface area (Å²) in [5.74, 6) is 0. The fraction of sp³-hybridized carbons (Fsp3) is 0.0500. The lowest BCUT2D eigenvalue weighted by molar-refractivity contribution is -0.646. The van der Waals surface area contributed by atoms with Gasteiger partial charge < -0.3 is 0 Å². The van der Waals surface area contributed by atoms with E-state index in [1.165, 1.54) is 31.3 Å². The fourth-order valence-electron chi connectivity index (χ4n) is 2.69. The molecule has 1 aliphatic rings. The number of para-hydroxylation sites is 1. The third-order valence-corrected chi connectivity index (χ3v) is 6.22. The van der Waals surface area contributed by atoms with E-state index in [0.717, 1.165) is 0 Å². The number of fused-ring (bicyclic) bond motifs is 1. The molecule has 112 valence electrons. The number of rotatable bonds is 2. The van der Waals surface area contributed by atoms with Gasteiger partial charge in [-0.15, -0.1) is 0 Å². The van der Waals surface area contributed by atoms with Gasteiger partial charge in [-0.25, -0.2) is 0 Å². The van der Waals surface area contributed by atoms with Crippen molar-refractivity contribution in [1.29, 1.82) is 0 Å². The molecule has 0 aliphatic carbocycles. The van der Waals surface area contributed by atoms with Crippen LogP contribution >= 0.6 is 23.5 Å². The van der Waals surface area contributed by atoms with Crippen molar-refractivity contribution in [1.82, 2.24) is 0 Å². The van der Waals surface area contributed by atoms with Gasteiger partial charge in [-0.05, 0) is 23.1 Å². The molecule has 0 saturated heterocycles. The maximum Gasteiger partial charge on any atom is 0.212 e. The van der Waals surface area contributed by atoms with E-state index < -0.39 is 0 Å². The third kappa shape index (κ3) is 2.94. The van der Waals surface area contributed by atoms with Gasteiger partial charge in [0.1, 0.15) is 7.05 Å². The predicted octanol–water partition coefficient (Wildman–Crippen LogP) is 5.44. The van der Waals surface area contributed by atoms with E-state index in [1.54, 1.807) is 11.8 Å². The van der Waals surface area contributed by atoms with E-state index in [2.05, 4.69) is 89.8 Å². The van der Waals surface area contributed by atoms with E-state index in [1.807, 2.05) is 11.8 Å². The van der Waals surface area contributed by atoms with Gasteiger partial charge in [-0.3, -0.25) is 0 Å². The molecule has 0 spiro atoms. The first kappa shape index (κ1) is 14.6. The summed E-state index contributed by atoms with van der Waals surface area (Å²) in [5, 5.41) is 3.51. The number of thioether (sulfide) groups is 2. The molecule has 0 radical (unpaired) electrons. The molecule has 0 bridgehead atoms. The Bertz CT molecular complexity index is 927. The highest BCUT2D eigenvalue weighted by molar-refractivity contribution is 8.31. The minimum absolute atomic E-state index is 1.22. The van der Waals surface area contributed by atoms with Gasteiger partial charge in [0.25, 0.3) is 0 Å². The van der Waals surface area contributed by atoms with Crippen molar-refractivity contribution in [3.63, 3.8) is 0 Å². The third-order valence-electron chi connectivity index (χ3n) is 3.94. The second-order valence-electron chi connectivity index (χ2n) is 5.41. The Morgan fingerprint density at radius 3 is 2.52 bits per heavy atom. The lowest BCUT2D eigenvalue weighted by Gasteiger charge is -2.02. The van der Waals surface area contributed by atoms with Crippen molar-refractivity contribution in [2.45, 2.75) is 0 Å². The van der Waals surface area contributed by atoms with Crippen molar-refractivity contribution in [3.05, 3.63) is 87.6 Å². The summed E-state index contributed by atoms with van der Waals surface area (Å²) in [4.78, 5) is 1.32. The second-order valence-corrected chi connectivity index (χ2v) is 7.66. The highest BCUT2D eigenvalue weighted by Gasteiger charge is 2.16. The summed E-state index contributed by atoms with van der Waals surface area (Å²) in [6, 6.07) is 23.4. The van der Waals surface area contributed by atoms with Crippen LogP contribution in [-0.2, 0) is 7.05 Å².